The molecule has 2 aromatic heterocycles. The molecule has 4 rings (SSSR count). The number of nitrogens with two attached hydrogens (primary N) is 1. The summed E-state index contributed by atoms with van der Waals surface area (Å²) < 4.78 is 1.69. The highest BCUT2D eigenvalue weighted by atomic mass is 16.3. The first-order chi connectivity index (χ1) is 15.0. The van der Waals surface area contributed by atoms with Gasteiger partial charge in [0.2, 0.25) is 0 Å². The SMILES string of the molecule is Cn1cc(-c2cnc(N)c(-c3ccc(C(=O)N[C@H](CO)c4ccccc4)cc3)n2)cn1. The van der Waals surface area contributed by atoms with Crippen LogP contribution in [0.2, 0.25) is 0 Å². The van der Waals surface area contributed by atoms with Gasteiger partial charge in [0.1, 0.15) is 11.5 Å². The average Bonchev–Trinajstić information content (AvgIpc) is 3.24. The third kappa shape index (κ3) is 4.44. The highest BCUT2D eigenvalue weighted by Gasteiger charge is 2.16. The van der Waals surface area contributed by atoms with Gasteiger partial charge in [-0.15, -0.1) is 0 Å². The van der Waals surface area contributed by atoms with Gasteiger partial charge in [-0.05, 0) is 17.7 Å². The Hall–Kier alpha value is -4.04. The Bertz CT molecular complexity index is 1190. The van der Waals surface area contributed by atoms with Crippen LogP contribution in [0.1, 0.15) is 22.0 Å². The van der Waals surface area contributed by atoms with E-state index in [1.54, 1.807) is 41.3 Å². The van der Waals surface area contributed by atoms with Crippen LogP contribution in [0, 0.1) is 0 Å². The highest BCUT2D eigenvalue weighted by molar-refractivity contribution is 5.95. The van der Waals surface area contributed by atoms with Crippen LogP contribution >= 0.6 is 0 Å². The minimum absolute atomic E-state index is 0.193. The molecule has 1 atom stereocenters. The van der Waals surface area contributed by atoms with E-state index in [4.69, 9.17) is 5.73 Å². The molecule has 31 heavy (non-hydrogen) atoms. The van der Waals surface area contributed by atoms with E-state index in [9.17, 15) is 9.90 Å². The van der Waals surface area contributed by atoms with Gasteiger partial charge in [-0.1, -0.05) is 42.5 Å². The van der Waals surface area contributed by atoms with Gasteiger partial charge in [0.05, 0.1) is 30.7 Å². The third-order valence-electron chi connectivity index (χ3n) is 4.91. The Morgan fingerprint density at radius 2 is 1.84 bits per heavy atom. The van der Waals surface area contributed by atoms with E-state index in [2.05, 4.69) is 20.4 Å². The normalized spacial score (nSPS) is 11.8. The molecule has 8 nitrogen and oxygen atoms in total. The van der Waals surface area contributed by atoms with Gasteiger partial charge in [-0.25, -0.2) is 9.97 Å². The molecule has 1 amide bonds. The van der Waals surface area contributed by atoms with Crippen molar-refractivity contribution in [2.45, 2.75) is 6.04 Å². The van der Waals surface area contributed by atoms with Crippen molar-refractivity contribution in [1.29, 1.82) is 0 Å². The Labute approximate surface area is 179 Å². The Balaban J connectivity index is 1.55. The molecular formula is C23H22N6O2. The van der Waals surface area contributed by atoms with Crippen LogP contribution in [-0.2, 0) is 7.05 Å². The Morgan fingerprint density at radius 3 is 2.48 bits per heavy atom. The number of nitrogens with one attached hydrogen (secondary N) is 1. The number of aromatic nitrogens is 4. The average molecular weight is 414 g/mol. The number of aliphatic hydroxyl groups excluding tert-OH is 1. The monoisotopic (exact) mass is 414 g/mol. The number of aliphatic hydroxyl groups is 1. The summed E-state index contributed by atoms with van der Waals surface area (Å²) in [7, 11) is 1.83. The molecule has 0 aliphatic carbocycles. The highest BCUT2D eigenvalue weighted by Crippen LogP contribution is 2.26. The molecule has 0 spiro atoms. The molecule has 156 valence electrons. The van der Waals surface area contributed by atoms with E-state index in [-0.39, 0.29) is 12.5 Å². The second-order valence-electron chi connectivity index (χ2n) is 7.09. The van der Waals surface area contributed by atoms with Crippen molar-refractivity contribution in [3.8, 4) is 22.5 Å². The molecule has 8 heteroatoms. The van der Waals surface area contributed by atoms with E-state index in [0.29, 0.717) is 22.8 Å². The molecule has 0 saturated heterocycles. The number of amides is 1. The van der Waals surface area contributed by atoms with E-state index >= 15 is 0 Å². The maximum absolute atomic E-state index is 12.7. The topological polar surface area (TPSA) is 119 Å². The van der Waals surface area contributed by atoms with Gasteiger partial charge in [0.15, 0.2) is 0 Å². The maximum Gasteiger partial charge on any atom is 0.251 e. The number of benzene rings is 2. The smallest absolute Gasteiger partial charge is 0.251 e. The summed E-state index contributed by atoms with van der Waals surface area (Å²) in [5.41, 5.74) is 10.1. The quantitative estimate of drug-likeness (QED) is 0.446. The van der Waals surface area contributed by atoms with Crippen molar-refractivity contribution in [1.82, 2.24) is 25.1 Å². The minimum atomic E-state index is -0.481. The number of rotatable bonds is 6. The lowest BCUT2D eigenvalue weighted by atomic mass is 10.1. The lowest BCUT2D eigenvalue weighted by molar-refractivity contribution is 0.0916. The van der Waals surface area contributed by atoms with Crippen LogP contribution < -0.4 is 11.1 Å². The first-order valence-corrected chi connectivity index (χ1v) is 9.74. The molecule has 2 aromatic carbocycles. The number of anilines is 1. The molecule has 0 saturated carbocycles. The van der Waals surface area contributed by atoms with Gasteiger partial charge < -0.3 is 16.2 Å². The van der Waals surface area contributed by atoms with Crippen LogP contribution in [0.15, 0.2) is 73.2 Å². The van der Waals surface area contributed by atoms with Crippen molar-refractivity contribution in [3.63, 3.8) is 0 Å². The van der Waals surface area contributed by atoms with Crippen molar-refractivity contribution in [2.24, 2.45) is 7.05 Å². The zero-order valence-corrected chi connectivity index (χ0v) is 16.9. The molecular weight excluding hydrogens is 392 g/mol. The van der Waals surface area contributed by atoms with Crippen molar-refractivity contribution >= 4 is 11.7 Å². The number of carbonyl (C=O) groups is 1. The van der Waals surface area contributed by atoms with Gasteiger partial charge in [-0.3, -0.25) is 9.48 Å². The van der Waals surface area contributed by atoms with Crippen LogP contribution in [-0.4, -0.2) is 37.4 Å². The molecule has 0 radical (unpaired) electrons. The molecule has 2 heterocycles. The molecule has 0 unspecified atom stereocenters. The van der Waals surface area contributed by atoms with E-state index in [0.717, 1.165) is 16.7 Å². The second kappa shape index (κ2) is 8.76. The summed E-state index contributed by atoms with van der Waals surface area (Å²) in [6, 6.07) is 15.8. The van der Waals surface area contributed by atoms with Gasteiger partial charge in [0.25, 0.3) is 5.91 Å². The number of carbonyl (C=O) groups excluding carboxylic acids is 1. The lowest BCUT2D eigenvalue weighted by Gasteiger charge is -2.17. The predicted molar refractivity (Wildman–Crippen MR) is 118 cm³/mol. The number of aryl methyl sites for hydroxylation is 1. The Morgan fingerprint density at radius 1 is 1.10 bits per heavy atom. The first kappa shape index (κ1) is 20.2. The Kier molecular flexibility index (Phi) is 5.72. The van der Waals surface area contributed by atoms with Crippen LogP contribution in [0.4, 0.5) is 5.82 Å². The second-order valence-corrected chi connectivity index (χ2v) is 7.09. The maximum atomic E-state index is 12.7. The summed E-state index contributed by atoms with van der Waals surface area (Å²) in [5, 5.41) is 16.7. The summed E-state index contributed by atoms with van der Waals surface area (Å²) >= 11 is 0. The number of hydrogen-bond donors (Lipinski definition) is 3. The van der Waals surface area contributed by atoms with Gasteiger partial charge >= 0.3 is 0 Å². The molecule has 0 aliphatic rings. The zero-order valence-electron chi connectivity index (χ0n) is 16.9. The van der Waals surface area contributed by atoms with Crippen LogP contribution in [0.25, 0.3) is 22.5 Å². The van der Waals surface area contributed by atoms with Gasteiger partial charge in [-0.2, -0.15) is 5.10 Å². The minimum Gasteiger partial charge on any atom is -0.394 e. The first-order valence-electron chi connectivity index (χ1n) is 9.74. The van der Waals surface area contributed by atoms with Crippen molar-refractivity contribution in [3.05, 3.63) is 84.3 Å². The summed E-state index contributed by atoms with van der Waals surface area (Å²) in [5.74, 6) is 0.0203. The van der Waals surface area contributed by atoms with Crippen LogP contribution in [0.3, 0.4) is 0 Å². The molecule has 4 aromatic rings. The summed E-state index contributed by atoms with van der Waals surface area (Å²) in [6.07, 6.45) is 5.17. The third-order valence-corrected chi connectivity index (χ3v) is 4.91. The zero-order chi connectivity index (χ0) is 21.8. The van der Waals surface area contributed by atoms with Crippen molar-refractivity contribution in [2.75, 3.05) is 12.3 Å². The fourth-order valence-corrected chi connectivity index (χ4v) is 3.24. The fourth-order valence-electron chi connectivity index (χ4n) is 3.24. The lowest BCUT2D eigenvalue weighted by Crippen LogP contribution is -2.30. The number of hydrogen-bond acceptors (Lipinski definition) is 6. The molecule has 0 fully saturated rings. The molecule has 4 N–H and O–H groups in total. The molecule has 0 aliphatic heterocycles. The number of nitrogen functional groups attached to an aromatic ring is 1. The van der Waals surface area contributed by atoms with Gasteiger partial charge in [0, 0.05) is 29.9 Å². The largest absolute Gasteiger partial charge is 0.394 e. The van der Waals surface area contributed by atoms with Crippen molar-refractivity contribution < 1.29 is 9.90 Å². The summed E-state index contributed by atoms with van der Waals surface area (Å²) in [6.45, 7) is -0.193. The number of nitrogens with zero attached hydrogens (tertiary/aromatic N) is 4. The van der Waals surface area contributed by atoms with Crippen LogP contribution in [0.5, 0.6) is 0 Å². The fraction of sp³-hybridized carbons (Fsp3) is 0.130. The standard InChI is InChI=1S/C23H22N6O2/c1-29-13-18(11-26-29)19-12-25-22(24)21(27-19)16-7-9-17(10-8-16)23(31)28-20(14-30)15-5-3-2-4-6-15/h2-13,20,30H,14H2,1H3,(H2,24,25)(H,28,31)/t20-/m1/s1. The molecule has 0 bridgehead atoms. The summed E-state index contributed by atoms with van der Waals surface area (Å²) in [4.78, 5) is 21.5. The van der Waals surface area contributed by atoms with E-state index in [1.165, 1.54) is 0 Å². The van der Waals surface area contributed by atoms with E-state index < -0.39 is 6.04 Å². The predicted octanol–water partition coefficient (Wildman–Crippen LogP) is 2.59. The van der Waals surface area contributed by atoms with E-state index in [1.807, 2.05) is 43.6 Å².